The van der Waals surface area contributed by atoms with Gasteiger partial charge in [0.05, 0.1) is 18.1 Å². The van der Waals surface area contributed by atoms with Crippen molar-refractivity contribution in [3.63, 3.8) is 0 Å². The predicted octanol–water partition coefficient (Wildman–Crippen LogP) is 3.02. The van der Waals surface area contributed by atoms with Gasteiger partial charge in [0, 0.05) is 24.3 Å². The molecule has 152 valence electrons. The summed E-state index contributed by atoms with van der Waals surface area (Å²) in [5, 5.41) is 2.32. The lowest BCUT2D eigenvalue weighted by atomic mass is 10.1. The SMILES string of the molecule is COc1ccc(N2C[C@H](C(=O)OCC(=O)Nc3ccc(F)c(Cl)c3)CC2=O)cc1. The average molecular weight is 421 g/mol. The van der Waals surface area contributed by atoms with Gasteiger partial charge in [0.2, 0.25) is 5.91 Å². The molecule has 1 heterocycles. The minimum atomic E-state index is -0.669. The second-order valence-electron chi connectivity index (χ2n) is 6.39. The maximum Gasteiger partial charge on any atom is 0.311 e. The number of rotatable bonds is 6. The molecule has 0 aliphatic carbocycles. The first-order valence-corrected chi connectivity index (χ1v) is 9.11. The summed E-state index contributed by atoms with van der Waals surface area (Å²) in [4.78, 5) is 37.9. The minimum absolute atomic E-state index is 0.0000512. The molecule has 0 saturated carbocycles. The van der Waals surface area contributed by atoms with E-state index in [1.165, 1.54) is 17.0 Å². The fraction of sp³-hybridized carbons (Fsp3) is 0.250. The van der Waals surface area contributed by atoms with Crippen LogP contribution in [0.15, 0.2) is 42.5 Å². The van der Waals surface area contributed by atoms with Gasteiger partial charge in [-0.05, 0) is 42.5 Å². The summed E-state index contributed by atoms with van der Waals surface area (Å²) in [5.41, 5.74) is 0.927. The Balaban J connectivity index is 1.52. The van der Waals surface area contributed by atoms with Gasteiger partial charge in [0.15, 0.2) is 6.61 Å². The summed E-state index contributed by atoms with van der Waals surface area (Å²) < 4.78 is 23.2. The molecule has 1 fully saturated rings. The highest BCUT2D eigenvalue weighted by Gasteiger charge is 2.36. The number of amides is 2. The number of esters is 1. The summed E-state index contributed by atoms with van der Waals surface area (Å²) in [5.74, 6) is -2.06. The molecule has 0 unspecified atom stereocenters. The van der Waals surface area contributed by atoms with Crippen molar-refractivity contribution in [3.8, 4) is 5.75 Å². The summed E-state index contributed by atoms with van der Waals surface area (Å²) in [6, 6.07) is 10.6. The van der Waals surface area contributed by atoms with Crippen LogP contribution in [0.2, 0.25) is 5.02 Å². The van der Waals surface area contributed by atoms with Crippen LogP contribution in [-0.4, -0.2) is 38.0 Å². The Labute approximate surface area is 171 Å². The average Bonchev–Trinajstić information content (AvgIpc) is 3.11. The van der Waals surface area contributed by atoms with Crippen LogP contribution in [0.5, 0.6) is 5.75 Å². The van der Waals surface area contributed by atoms with Crippen molar-refractivity contribution >= 4 is 40.8 Å². The van der Waals surface area contributed by atoms with Gasteiger partial charge in [-0.1, -0.05) is 11.6 Å². The first kappa shape index (κ1) is 20.6. The van der Waals surface area contributed by atoms with Crippen molar-refractivity contribution in [3.05, 3.63) is 53.3 Å². The highest BCUT2D eigenvalue weighted by atomic mass is 35.5. The Kier molecular flexibility index (Phi) is 6.33. The first-order valence-electron chi connectivity index (χ1n) is 8.73. The molecule has 2 aromatic carbocycles. The molecule has 1 saturated heterocycles. The van der Waals surface area contributed by atoms with Crippen molar-refractivity contribution < 1.29 is 28.2 Å². The van der Waals surface area contributed by atoms with E-state index in [0.29, 0.717) is 11.4 Å². The molecule has 2 aromatic rings. The molecule has 0 spiro atoms. The number of carbonyl (C=O) groups is 3. The highest BCUT2D eigenvalue weighted by Crippen LogP contribution is 2.27. The molecule has 7 nitrogen and oxygen atoms in total. The largest absolute Gasteiger partial charge is 0.497 e. The zero-order valence-corrected chi connectivity index (χ0v) is 16.2. The van der Waals surface area contributed by atoms with E-state index in [-0.39, 0.29) is 29.6 Å². The summed E-state index contributed by atoms with van der Waals surface area (Å²) in [6.07, 6.45) is 0.0000512. The number of benzene rings is 2. The molecule has 1 atom stereocenters. The molecule has 0 radical (unpaired) electrons. The molecule has 1 aliphatic rings. The van der Waals surface area contributed by atoms with E-state index in [9.17, 15) is 18.8 Å². The van der Waals surface area contributed by atoms with Crippen LogP contribution in [0.3, 0.4) is 0 Å². The van der Waals surface area contributed by atoms with Crippen LogP contribution >= 0.6 is 11.6 Å². The number of hydrogen-bond acceptors (Lipinski definition) is 5. The number of carbonyl (C=O) groups excluding carboxylic acids is 3. The number of anilines is 2. The van der Waals surface area contributed by atoms with Gasteiger partial charge in [0.1, 0.15) is 11.6 Å². The van der Waals surface area contributed by atoms with E-state index in [2.05, 4.69) is 5.32 Å². The molecule has 3 rings (SSSR count). The zero-order valence-electron chi connectivity index (χ0n) is 15.5. The van der Waals surface area contributed by atoms with E-state index < -0.39 is 30.2 Å². The third kappa shape index (κ3) is 5.03. The number of nitrogens with zero attached hydrogens (tertiary/aromatic N) is 1. The van der Waals surface area contributed by atoms with Crippen molar-refractivity contribution in [1.29, 1.82) is 0 Å². The van der Waals surface area contributed by atoms with Gasteiger partial charge in [-0.3, -0.25) is 14.4 Å². The second kappa shape index (κ2) is 8.91. The molecular weight excluding hydrogens is 403 g/mol. The van der Waals surface area contributed by atoms with Gasteiger partial charge in [-0.15, -0.1) is 0 Å². The number of ether oxygens (including phenoxy) is 2. The molecule has 1 N–H and O–H groups in total. The van der Waals surface area contributed by atoms with Crippen LogP contribution in [0.1, 0.15) is 6.42 Å². The number of nitrogens with one attached hydrogen (secondary N) is 1. The van der Waals surface area contributed by atoms with Crippen LogP contribution in [0, 0.1) is 11.7 Å². The molecule has 9 heteroatoms. The quantitative estimate of drug-likeness (QED) is 0.726. The van der Waals surface area contributed by atoms with E-state index in [0.717, 1.165) is 6.07 Å². The molecule has 0 aromatic heterocycles. The van der Waals surface area contributed by atoms with E-state index in [1.54, 1.807) is 31.4 Å². The van der Waals surface area contributed by atoms with Crippen molar-refractivity contribution in [1.82, 2.24) is 0 Å². The summed E-state index contributed by atoms with van der Waals surface area (Å²) in [7, 11) is 1.54. The molecule has 2 amide bonds. The monoisotopic (exact) mass is 420 g/mol. The highest BCUT2D eigenvalue weighted by molar-refractivity contribution is 6.31. The lowest BCUT2D eigenvalue weighted by Crippen LogP contribution is -2.28. The van der Waals surface area contributed by atoms with E-state index >= 15 is 0 Å². The minimum Gasteiger partial charge on any atom is -0.497 e. The third-order valence-corrected chi connectivity index (χ3v) is 4.68. The predicted molar refractivity (Wildman–Crippen MR) is 104 cm³/mol. The van der Waals surface area contributed by atoms with Gasteiger partial charge < -0.3 is 19.7 Å². The maximum atomic E-state index is 13.1. The standard InChI is InChI=1S/C20H18ClFN2O5/c1-28-15-5-3-14(4-6-15)24-10-12(8-19(24)26)20(27)29-11-18(25)23-13-2-7-17(22)16(21)9-13/h2-7,9,12H,8,10-11H2,1H3,(H,23,25)/t12-/m1/s1. The Bertz CT molecular complexity index is 935. The normalized spacial score (nSPS) is 15.9. The van der Waals surface area contributed by atoms with Gasteiger partial charge in [0.25, 0.3) is 5.91 Å². The Morgan fingerprint density at radius 3 is 2.62 bits per heavy atom. The Morgan fingerprint density at radius 2 is 1.97 bits per heavy atom. The fourth-order valence-electron chi connectivity index (χ4n) is 2.90. The van der Waals surface area contributed by atoms with Crippen LogP contribution in [-0.2, 0) is 19.1 Å². The number of hydrogen-bond donors (Lipinski definition) is 1. The molecule has 0 bridgehead atoms. The molecule has 29 heavy (non-hydrogen) atoms. The van der Waals surface area contributed by atoms with Crippen molar-refractivity contribution in [2.75, 3.05) is 30.5 Å². The first-order chi connectivity index (χ1) is 13.9. The topological polar surface area (TPSA) is 84.9 Å². The number of halogens is 2. The van der Waals surface area contributed by atoms with Crippen molar-refractivity contribution in [2.24, 2.45) is 5.92 Å². The van der Waals surface area contributed by atoms with E-state index in [1.807, 2.05) is 0 Å². The molecular formula is C20H18ClFN2O5. The molecule has 1 aliphatic heterocycles. The second-order valence-corrected chi connectivity index (χ2v) is 6.80. The van der Waals surface area contributed by atoms with Crippen molar-refractivity contribution in [2.45, 2.75) is 6.42 Å². The van der Waals surface area contributed by atoms with Gasteiger partial charge >= 0.3 is 5.97 Å². The summed E-state index contributed by atoms with van der Waals surface area (Å²) in [6.45, 7) is -0.361. The third-order valence-electron chi connectivity index (χ3n) is 4.39. The van der Waals surface area contributed by atoms with E-state index in [4.69, 9.17) is 21.1 Å². The number of methoxy groups -OCH3 is 1. The lowest BCUT2D eigenvalue weighted by Gasteiger charge is -2.16. The maximum absolute atomic E-state index is 13.1. The fourth-order valence-corrected chi connectivity index (χ4v) is 3.08. The van der Waals surface area contributed by atoms with Crippen LogP contribution in [0.25, 0.3) is 0 Å². The smallest absolute Gasteiger partial charge is 0.311 e. The lowest BCUT2D eigenvalue weighted by molar-refractivity contribution is -0.151. The van der Waals surface area contributed by atoms with Crippen LogP contribution < -0.4 is 15.0 Å². The Hall–Kier alpha value is -3.13. The van der Waals surface area contributed by atoms with Crippen LogP contribution in [0.4, 0.5) is 15.8 Å². The van der Waals surface area contributed by atoms with Gasteiger partial charge in [-0.25, -0.2) is 4.39 Å². The Morgan fingerprint density at radius 1 is 1.24 bits per heavy atom. The van der Waals surface area contributed by atoms with Gasteiger partial charge in [-0.2, -0.15) is 0 Å². The summed E-state index contributed by atoms with van der Waals surface area (Å²) >= 11 is 5.65. The zero-order chi connectivity index (χ0) is 21.0.